The number of hydrogen-bond donors (Lipinski definition) is 1. The Balaban J connectivity index is 2.01. The summed E-state index contributed by atoms with van der Waals surface area (Å²) >= 11 is 0. The molecule has 0 aliphatic carbocycles. The number of fused-ring (bicyclic) bond motifs is 1. The van der Waals surface area contributed by atoms with Crippen LogP contribution >= 0.6 is 0 Å². The zero-order valence-electron chi connectivity index (χ0n) is 9.34. The van der Waals surface area contributed by atoms with Crippen LogP contribution in [0.15, 0.2) is 36.8 Å². The minimum atomic E-state index is 0.0830. The molecular formula is C13H13N3O. The van der Waals surface area contributed by atoms with Crippen molar-refractivity contribution in [3.05, 3.63) is 42.4 Å². The molecule has 0 amide bonds. The van der Waals surface area contributed by atoms with Gasteiger partial charge in [-0.2, -0.15) is 0 Å². The van der Waals surface area contributed by atoms with Gasteiger partial charge in [0.2, 0.25) is 0 Å². The Bertz CT molecular complexity index is 527. The molecule has 1 aromatic heterocycles. The third-order valence-electron chi connectivity index (χ3n) is 2.85. The van der Waals surface area contributed by atoms with Crippen molar-refractivity contribution in [1.29, 1.82) is 0 Å². The van der Waals surface area contributed by atoms with E-state index in [1.807, 2.05) is 12.1 Å². The van der Waals surface area contributed by atoms with Gasteiger partial charge in [-0.3, -0.25) is 9.97 Å². The van der Waals surface area contributed by atoms with Crippen LogP contribution in [0, 0.1) is 0 Å². The maximum atomic E-state index is 5.89. The van der Waals surface area contributed by atoms with E-state index in [0.29, 0.717) is 6.61 Å². The topological polar surface area (TPSA) is 61.0 Å². The highest BCUT2D eigenvalue weighted by Gasteiger charge is 2.17. The van der Waals surface area contributed by atoms with Crippen LogP contribution < -0.4 is 10.5 Å². The summed E-state index contributed by atoms with van der Waals surface area (Å²) in [5, 5.41) is 0. The largest absolute Gasteiger partial charge is 0.492 e. The predicted molar refractivity (Wildman–Crippen MR) is 64.6 cm³/mol. The zero-order chi connectivity index (χ0) is 11.7. The molecule has 86 valence electrons. The summed E-state index contributed by atoms with van der Waals surface area (Å²) in [7, 11) is 0. The highest BCUT2D eigenvalue weighted by Crippen LogP contribution is 2.28. The zero-order valence-corrected chi connectivity index (χ0v) is 9.34. The van der Waals surface area contributed by atoms with E-state index >= 15 is 0 Å². The summed E-state index contributed by atoms with van der Waals surface area (Å²) < 4.78 is 5.57. The van der Waals surface area contributed by atoms with Gasteiger partial charge in [0, 0.05) is 24.0 Å². The number of nitrogens with two attached hydrogens (primary N) is 1. The SMILES string of the molecule is NC1COc2ccc(-c3cnccn3)cc2C1. The van der Waals surface area contributed by atoms with E-state index in [9.17, 15) is 0 Å². The van der Waals surface area contributed by atoms with Crippen LogP contribution in [0.25, 0.3) is 11.3 Å². The molecule has 0 radical (unpaired) electrons. The molecule has 2 aromatic rings. The minimum absolute atomic E-state index is 0.0830. The van der Waals surface area contributed by atoms with Gasteiger partial charge in [-0.15, -0.1) is 0 Å². The van der Waals surface area contributed by atoms with E-state index in [-0.39, 0.29) is 6.04 Å². The summed E-state index contributed by atoms with van der Waals surface area (Å²) in [4.78, 5) is 8.35. The number of hydrogen-bond acceptors (Lipinski definition) is 4. The molecule has 2 heterocycles. The van der Waals surface area contributed by atoms with Gasteiger partial charge >= 0.3 is 0 Å². The molecule has 0 spiro atoms. The second-order valence-corrected chi connectivity index (χ2v) is 4.19. The van der Waals surface area contributed by atoms with E-state index < -0.39 is 0 Å². The first kappa shape index (κ1) is 10.2. The first-order valence-electron chi connectivity index (χ1n) is 5.60. The lowest BCUT2D eigenvalue weighted by molar-refractivity contribution is 0.263. The van der Waals surface area contributed by atoms with Crippen molar-refractivity contribution in [2.45, 2.75) is 12.5 Å². The molecule has 4 heteroatoms. The second-order valence-electron chi connectivity index (χ2n) is 4.19. The average Bonchev–Trinajstić information content (AvgIpc) is 2.39. The van der Waals surface area contributed by atoms with Gasteiger partial charge in [-0.1, -0.05) is 0 Å². The van der Waals surface area contributed by atoms with E-state index in [0.717, 1.165) is 29.0 Å². The first-order chi connectivity index (χ1) is 8.33. The monoisotopic (exact) mass is 227 g/mol. The fraction of sp³-hybridized carbons (Fsp3) is 0.231. The van der Waals surface area contributed by atoms with Crippen molar-refractivity contribution < 1.29 is 4.74 Å². The molecule has 1 aliphatic rings. The standard InChI is InChI=1S/C13H13N3O/c14-11-6-10-5-9(1-2-13(10)17-8-11)12-7-15-3-4-16-12/h1-5,7,11H,6,8,14H2. The molecule has 0 saturated carbocycles. The van der Waals surface area contributed by atoms with E-state index in [2.05, 4.69) is 16.0 Å². The lowest BCUT2D eigenvalue weighted by Gasteiger charge is -2.22. The molecule has 1 unspecified atom stereocenters. The molecule has 1 aliphatic heterocycles. The third kappa shape index (κ3) is 1.99. The van der Waals surface area contributed by atoms with E-state index in [4.69, 9.17) is 10.5 Å². The highest BCUT2D eigenvalue weighted by atomic mass is 16.5. The summed E-state index contributed by atoms with van der Waals surface area (Å²) in [6.45, 7) is 0.595. The molecule has 1 aromatic carbocycles. The van der Waals surface area contributed by atoms with Crippen molar-refractivity contribution in [1.82, 2.24) is 9.97 Å². The van der Waals surface area contributed by atoms with Gasteiger partial charge in [-0.05, 0) is 30.2 Å². The van der Waals surface area contributed by atoms with E-state index in [1.165, 1.54) is 0 Å². The normalized spacial score (nSPS) is 18.3. The van der Waals surface area contributed by atoms with Crippen LogP contribution in [-0.2, 0) is 6.42 Å². The molecule has 0 saturated heterocycles. The molecule has 2 N–H and O–H groups in total. The van der Waals surface area contributed by atoms with Gasteiger partial charge in [0.25, 0.3) is 0 Å². The number of aromatic nitrogens is 2. The molecule has 3 rings (SSSR count). The van der Waals surface area contributed by atoms with Gasteiger partial charge < -0.3 is 10.5 Å². The first-order valence-corrected chi connectivity index (χ1v) is 5.60. The molecule has 0 bridgehead atoms. The molecule has 0 fully saturated rings. The third-order valence-corrected chi connectivity index (χ3v) is 2.85. The highest BCUT2D eigenvalue weighted by molar-refractivity contribution is 5.61. The van der Waals surface area contributed by atoms with Gasteiger partial charge in [-0.25, -0.2) is 0 Å². The van der Waals surface area contributed by atoms with Gasteiger partial charge in [0.15, 0.2) is 0 Å². The predicted octanol–water partition coefficient (Wildman–Crippen LogP) is 1.41. The van der Waals surface area contributed by atoms with Crippen molar-refractivity contribution in [2.24, 2.45) is 5.73 Å². The maximum Gasteiger partial charge on any atom is 0.122 e. The second kappa shape index (κ2) is 4.14. The molecule has 17 heavy (non-hydrogen) atoms. The molecular weight excluding hydrogens is 214 g/mol. The Hall–Kier alpha value is -1.94. The summed E-state index contributed by atoms with van der Waals surface area (Å²) in [6, 6.07) is 6.14. The summed E-state index contributed by atoms with van der Waals surface area (Å²) in [5.74, 6) is 0.930. The molecule has 4 nitrogen and oxygen atoms in total. The fourth-order valence-corrected chi connectivity index (χ4v) is 2.03. The Morgan fingerprint density at radius 3 is 3.06 bits per heavy atom. The van der Waals surface area contributed by atoms with Crippen LogP contribution in [-0.4, -0.2) is 22.6 Å². The molecule has 1 atom stereocenters. The Kier molecular flexibility index (Phi) is 2.49. The maximum absolute atomic E-state index is 5.89. The number of ether oxygens (including phenoxy) is 1. The smallest absolute Gasteiger partial charge is 0.122 e. The van der Waals surface area contributed by atoms with Crippen molar-refractivity contribution in [3.63, 3.8) is 0 Å². The lowest BCUT2D eigenvalue weighted by atomic mass is 10.00. The van der Waals surface area contributed by atoms with Gasteiger partial charge in [0.1, 0.15) is 12.4 Å². The number of nitrogens with zero attached hydrogens (tertiary/aromatic N) is 2. The van der Waals surface area contributed by atoms with Crippen LogP contribution in [0.4, 0.5) is 0 Å². The van der Waals surface area contributed by atoms with Gasteiger partial charge in [0.05, 0.1) is 11.9 Å². The Labute approximate surface area is 99.5 Å². The summed E-state index contributed by atoms with van der Waals surface area (Å²) in [5.41, 5.74) is 8.95. The van der Waals surface area contributed by atoms with Crippen LogP contribution in [0.1, 0.15) is 5.56 Å². The number of benzene rings is 1. The minimum Gasteiger partial charge on any atom is -0.492 e. The van der Waals surface area contributed by atoms with Crippen LogP contribution in [0.3, 0.4) is 0 Å². The average molecular weight is 227 g/mol. The Morgan fingerprint density at radius 1 is 1.29 bits per heavy atom. The van der Waals surface area contributed by atoms with Crippen molar-refractivity contribution in [2.75, 3.05) is 6.61 Å². The number of rotatable bonds is 1. The summed E-state index contributed by atoms with van der Waals surface area (Å²) in [6.07, 6.45) is 5.97. The van der Waals surface area contributed by atoms with Crippen molar-refractivity contribution in [3.8, 4) is 17.0 Å². The van der Waals surface area contributed by atoms with Crippen LogP contribution in [0.5, 0.6) is 5.75 Å². The quantitative estimate of drug-likeness (QED) is 0.800. The Morgan fingerprint density at radius 2 is 2.24 bits per heavy atom. The van der Waals surface area contributed by atoms with Crippen LogP contribution in [0.2, 0.25) is 0 Å². The van der Waals surface area contributed by atoms with E-state index in [1.54, 1.807) is 18.6 Å². The lowest BCUT2D eigenvalue weighted by Crippen LogP contribution is -2.33. The van der Waals surface area contributed by atoms with Crippen molar-refractivity contribution >= 4 is 0 Å². The fourth-order valence-electron chi connectivity index (χ4n) is 2.03.